The van der Waals surface area contributed by atoms with E-state index in [1.54, 1.807) is 37.3 Å². The summed E-state index contributed by atoms with van der Waals surface area (Å²) in [5.41, 5.74) is 1.22. The van der Waals surface area contributed by atoms with E-state index in [0.29, 0.717) is 11.3 Å². The number of benzene rings is 2. The van der Waals surface area contributed by atoms with Gasteiger partial charge in [-0.25, -0.2) is 4.39 Å². The fourth-order valence-corrected chi connectivity index (χ4v) is 4.71. The average molecular weight is 474 g/mol. The van der Waals surface area contributed by atoms with Crippen molar-refractivity contribution < 1.29 is 18.9 Å². The van der Waals surface area contributed by atoms with Gasteiger partial charge in [0, 0.05) is 36.0 Å². The van der Waals surface area contributed by atoms with E-state index in [1.165, 1.54) is 34.9 Å². The van der Waals surface area contributed by atoms with Gasteiger partial charge in [-0.2, -0.15) is 0 Å². The van der Waals surface area contributed by atoms with Crippen LogP contribution in [0.3, 0.4) is 0 Å². The molecular weight excluding hydrogens is 445 g/mol. The molecule has 0 bridgehead atoms. The average Bonchev–Trinajstić information content (AvgIpc) is 3.31. The summed E-state index contributed by atoms with van der Waals surface area (Å²) in [6.45, 7) is 1.67. The van der Waals surface area contributed by atoms with Crippen LogP contribution in [0.4, 0.5) is 10.1 Å². The molecule has 0 heterocycles. The number of nitrogens with one attached hydrogen (secondary N) is 1. The minimum atomic E-state index is -0.738. The zero-order valence-corrected chi connectivity index (χ0v) is 19.4. The molecule has 0 aliphatic heterocycles. The maximum Gasteiger partial charge on any atom is 0.269 e. The third-order valence-electron chi connectivity index (χ3n) is 5.81. The number of nitro benzene ring substituents is 1. The van der Waals surface area contributed by atoms with E-state index in [-0.39, 0.29) is 35.8 Å². The van der Waals surface area contributed by atoms with Gasteiger partial charge in [-0.05, 0) is 31.4 Å². The summed E-state index contributed by atoms with van der Waals surface area (Å²) in [6.07, 6.45) is 4.03. The molecule has 0 aromatic heterocycles. The number of thioether (sulfide) groups is 1. The van der Waals surface area contributed by atoms with Gasteiger partial charge < -0.3 is 10.2 Å². The van der Waals surface area contributed by atoms with Gasteiger partial charge in [0.05, 0.1) is 10.7 Å². The quantitative estimate of drug-likeness (QED) is 0.407. The zero-order chi connectivity index (χ0) is 23.8. The van der Waals surface area contributed by atoms with Crippen LogP contribution in [0.5, 0.6) is 0 Å². The molecule has 2 aromatic carbocycles. The Labute approximate surface area is 196 Å². The molecule has 0 radical (unpaired) electrons. The number of hydrogen-bond acceptors (Lipinski definition) is 5. The first kappa shape index (κ1) is 24.7. The van der Waals surface area contributed by atoms with Crippen LogP contribution < -0.4 is 5.32 Å². The van der Waals surface area contributed by atoms with Crippen LogP contribution in [0, 0.1) is 15.9 Å². The smallest absolute Gasteiger partial charge is 0.269 e. The van der Waals surface area contributed by atoms with Crippen molar-refractivity contribution in [3.05, 3.63) is 75.6 Å². The summed E-state index contributed by atoms with van der Waals surface area (Å²) in [5.74, 6) is -0.324. The molecule has 3 rings (SSSR count). The van der Waals surface area contributed by atoms with Crippen molar-refractivity contribution in [3.8, 4) is 0 Å². The molecule has 1 fully saturated rings. The number of nitro groups is 1. The summed E-state index contributed by atoms with van der Waals surface area (Å²) >= 11 is 1.35. The third-order valence-corrected chi connectivity index (χ3v) is 6.80. The first-order valence-electron chi connectivity index (χ1n) is 11.0. The lowest BCUT2D eigenvalue weighted by Crippen LogP contribution is -2.50. The third kappa shape index (κ3) is 7.02. The number of non-ortho nitro benzene ring substituents is 1. The Morgan fingerprint density at radius 3 is 2.48 bits per heavy atom. The summed E-state index contributed by atoms with van der Waals surface area (Å²) < 4.78 is 14.3. The van der Waals surface area contributed by atoms with Gasteiger partial charge in [0.2, 0.25) is 11.8 Å². The lowest BCUT2D eigenvalue weighted by molar-refractivity contribution is -0.384. The Morgan fingerprint density at radius 1 is 1.18 bits per heavy atom. The minimum Gasteiger partial charge on any atom is -0.352 e. The Hall–Kier alpha value is -2.94. The van der Waals surface area contributed by atoms with E-state index in [2.05, 4.69) is 5.32 Å². The first-order chi connectivity index (χ1) is 15.8. The van der Waals surface area contributed by atoms with Gasteiger partial charge in [-0.15, -0.1) is 11.8 Å². The fourth-order valence-electron chi connectivity index (χ4n) is 3.84. The molecule has 7 nitrogen and oxygen atoms in total. The van der Waals surface area contributed by atoms with Crippen LogP contribution in [0.1, 0.15) is 43.7 Å². The van der Waals surface area contributed by atoms with Crippen LogP contribution in [-0.4, -0.2) is 39.5 Å². The number of carbonyl (C=O) groups is 2. The van der Waals surface area contributed by atoms with E-state index in [9.17, 15) is 24.1 Å². The van der Waals surface area contributed by atoms with Crippen LogP contribution in [-0.2, 0) is 21.9 Å². The molecule has 176 valence electrons. The van der Waals surface area contributed by atoms with Crippen LogP contribution >= 0.6 is 11.8 Å². The number of amides is 2. The molecule has 1 atom stereocenters. The molecule has 2 aromatic rings. The highest BCUT2D eigenvalue weighted by Gasteiger charge is 2.28. The van der Waals surface area contributed by atoms with Gasteiger partial charge in [-0.3, -0.25) is 19.7 Å². The number of rotatable bonds is 10. The molecule has 1 aliphatic rings. The Kier molecular flexibility index (Phi) is 8.82. The van der Waals surface area contributed by atoms with Crippen molar-refractivity contribution in [1.29, 1.82) is 0 Å². The van der Waals surface area contributed by atoms with E-state index >= 15 is 0 Å². The molecule has 1 aliphatic carbocycles. The molecule has 9 heteroatoms. The Morgan fingerprint density at radius 2 is 1.85 bits per heavy atom. The van der Waals surface area contributed by atoms with Gasteiger partial charge in [0.1, 0.15) is 11.9 Å². The molecular formula is C24H28FN3O4S. The highest BCUT2D eigenvalue weighted by atomic mass is 32.2. The summed E-state index contributed by atoms with van der Waals surface area (Å²) in [7, 11) is 0. The molecule has 0 spiro atoms. The number of nitrogens with zero attached hydrogens (tertiary/aromatic N) is 2. The van der Waals surface area contributed by atoms with Crippen molar-refractivity contribution in [2.24, 2.45) is 0 Å². The predicted octanol–water partition coefficient (Wildman–Crippen LogP) is 4.44. The highest BCUT2D eigenvalue weighted by Crippen LogP contribution is 2.21. The molecule has 1 saturated carbocycles. The largest absolute Gasteiger partial charge is 0.352 e. The topological polar surface area (TPSA) is 92.6 Å². The number of hydrogen-bond donors (Lipinski definition) is 1. The second kappa shape index (κ2) is 11.8. The van der Waals surface area contributed by atoms with Gasteiger partial charge >= 0.3 is 0 Å². The molecule has 1 unspecified atom stereocenters. The minimum absolute atomic E-state index is 0.00283. The number of carbonyl (C=O) groups excluding carboxylic acids is 2. The van der Waals surface area contributed by atoms with Gasteiger partial charge in [0.15, 0.2) is 0 Å². The van der Waals surface area contributed by atoms with Crippen LogP contribution in [0.15, 0.2) is 48.5 Å². The summed E-state index contributed by atoms with van der Waals surface area (Å²) in [4.78, 5) is 37.7. The van der Waals surface area contributed by atoms with E-state index in [4.69, 9.17) is 0 Å². The van der Waals surface area contributed by atoms with Crippen molar-refractivity contribution in [2.75, 3.05) is 5.75 Å². The number of halogens is 1. The fraction of sp³-hybridized carbons (Fsp3) is 0.417. The van der Waals surface area contributed by atoms with Crippen molar-refractivity contribution >= 4 is 29.3 Å². The van der Waals surface area contributed by atoms with Crippen molar-refractivity contribution in [1.82, 2.24) is 10.2 Å². The second-order valence-corrected chi connectivity index (χ2v) is 9.18. The highest BCUT2D eigenvalue weighted by molar-refractivity contribution is 7.99. The molecule has 33 heavy (non-hydrogen) atoms. The van der Waals surface area contributed by atoms with Crippen molar-refractivity contribution in [2.45, 2.75) is 57.0 Å². The lowest BCUT2D eigenvalue weighted by atomic mass is 10.1. The molecule has 1 N–H and O–H groups in total. The molecule has 0 saturated heterocycles. The maximum absolute atomic E-state index is 14.3. The summed E-state index contributed by atoms with van der Waals surface area (Å²) in [5, 5.41) is 13.8. The second-order valence-electron chi connectivity index (χ2n) is 8.20. The van der Waals surface area contributed by atoms with Crippen LogP contribution in [0.25, 0.3) is 0 Å². The van der Waals surface area contributed by atoms with E-state index in [1.807, 2.05) is 0 Å². The van der Waals surface area contributed by atoms with Crippen LogP contribution in [0.2, 0.25) is 0 Å². The van der Waals surface area contributed by atoms with Crippen molar-refractivity contribution in [3.63, 3.8) is 0 Å². The summed E-state index contributed by atoms with van der Waals surface area (Å²) in [6, 6.07) is 11.8. The zero-order valence-electron chi connectivity index (χ0n) is 18.5. The Bertz CT molecular complexity index is 980. The van der Waals surface area contributed by atoms with Gasteiger partial charge in [0.25, 0.3) is 5.69 Å². The maximum atomic E-state index is 14.3. The lowest BCUT2D eigenvalue weighted by Gasteiger charge is -2.29. The Balaban J connectivity index is 1.64. The van der Waals surface area contributed by atoms with E-state index < -0.39 is 16.8 Å². The first-order valence-corrected chi connectivity index (χ1v) is 12.1. The van der Waals surface area contributed by atoms with E-state index in [0.717, 1.165) is 31.2 Å². The predicted molar refractivity (Wildman–Crippen MR) is 126 cm³/mol. The SMILES string of the molecule is CC(C(=O)NC1CCCC1)N(Cc1ccccc1F)C(=O)CSCc1ccc([N+](=O)[O-])cc1. The monoisotopic (exact) mass is 473 g/mol. The molecule has 2 amide bonds. The van der Waals surface area contributed by atoms with Gasteiger partial charge in [-0.1, -0.05) is 43.2 Å². The standard InChI is InChI=1S/C24H28FN3O4S/c1-17(24(30)26-20-7-3-4-8-20)27(14-19-6-2-5-9-22(19)25)23(29)16-33-15-18-10-12-21(13-11-18)28(31)32/h2,5-6,9-13,17,20H,3-4,7-8,14-16H2,1H3,(H,26,30). The normalized spacial score (nSPS) is 14.6.